The average Bonchev–Trinajstić information content (AvgIpc) is 2.46. The van der Waals surface area contributed by atoms with Gasteiger partial charge in [-0.05, 0) is 34.1 Å². The number of thiocarbonyl (C=S) groups is 1. The van der Waals surface area contributed by atoms with Gasteiger partial charge in [0.2, 0.25) is 0 Å². The zero-order valence-electron chi connectivity index (χ0n) is 11.0. The molecule has 1 heterocycles. The highest BCUT2D eigenvalue weighted by molar-refractivity contribution is 9.10. The summed E-state index contributed by atoms with van der Waals surface area (Å²) in [6, 6.07) is 8.23. The first-order chi connectivity index (χ1) is 9.82. The van der Waals surface area contributed by atoms with Crippen LogP contribution in [0.15, 0.2) is 52.1 Å². The molecule has 0 fully saturated rings. The second kappa shape index (κ2) is 6.08. The third kappa shape index (κ3) is 3.39. The van der Waals surface area contributed by atoms with Gasteiger partial charge in [0, 0.05) is 29.5 Å². The molecule has 2 rings (SSSR count). The Bertz CT molecular complexity index is 794. The molecular formula is C13H12BrN3O2S2. The third-order valence-electron chi connectivity index (χ3n) is 2.83. The van der Waals surface area contributed by atoms with Crippen LogP contribution in [-0.2, 0) is 10.0 Å². The molecule has 5 nitrogen and oxygen atoms in total. The summed E-state index contributed by atoms with van der Waals surface area (Å²) in [5, 5.41) is 0. The Morgan fingerprint density at radius 3 is 2.67 bits per heavy atom. The van der Waals surface area contributed by atoms with Crippen molar-refractivity contribution in [1.82, 2.24) is 4.98 Å². The van der Waals surface area contributed by atoms with E-state index in [2.05, 4.69) is 20.9 Å². The first-order valence-corrected chi connectivity index (χ1v) is 8.46. The molecular weight excluding hydrogens is 374 g/mol. The highest BCUT2D eigenvalue weighted by Crippen LogP contribution is 2.24. The number of sulfonamides is 1. The van der Waals surface area contributed by atoms with Gasteiger partial charge in [-0.3, -0.25) is 9.29 Å². The van der Waals surface area contributed by atoms with Crippen LogP contribution in [0.3, 0.4) is 0 Å². The largest absolute Gasteiger partial charge is 0.389 e. The van der Waals surface area contributed by atoms with E-state index in [1.807, 2.05) is 0 Å². The van der Waals surface area contributed by atoms with E-state index in [9.17, 15) is 8.42 Å². The maximum Gasteiger partial charge on any atom is 0.265 e. The van der Waals surface area contributed by atoms with Crippen LogP contribution in [0, 0.1) is 0 Å². The van der Waals surface area contributed by atoms with Crippen LogP contribution in [0.2, 0.25) is 0 Å². The lowest BCUT2D eigenvalue weighted by molar-refractivity contribution is 0.594. The second-order valence-electron chi connectivity index (χ2n) is 4.23. The Morgan fingerprint density at radius 1 is 1.33 bits per heavy atom. The number of halogens is 1. The maximum atomic E-state index is 12.6. The Kier molecular flexibility index (Phi) is 4.60. The van der Waals surface area contributed by atoms with Crippen molar-refractivity contribution in [2.75, 3.05) is 11.4 Å². The zero-order chi connectivity index (χ0) is 15.6. The SMILES string of the molecule is CN(c1cccc(C(N)=S)c1)S(=O)(=O)c1cncc(Br)c1. The maximum absolute atomic E-state index is 12.6. The van der Waals surface area contributed by atoms with Gasteiger partial charge in [-0.2, -0.15) is 0 Å². The second-order valence-corrected chi connectivity index (χ2v) is 7.55. The highest BCUT2D eigenvalue weighted by Gasteiger charge is 2.22. The average molecular weight is 386 g/mol. The predicted octanol–water partition coefficient (Wildman–Crippen LogP) is 2.30. The number of nitrogens with two attached hydrogens (primary N) is 1. The Hall–Kier alpha value is -1.51. The summed E-state index contributed by atoms with van der Waals surface area (Å²) < 4.78 is 26.9. The number of anilines is 1. The standard InChI is InChI=1S/C13H12BrN3O2S2/c1-17(11-4-2-3-9(5-11)13(15)20)21(18,19)12-6-10(14)7-16-8-12/h2-8H,1H3,(H2,15,20). The van der Waals surface area contributed by atoms with E-state index in [0.717, 1.165) is 4.31 Å². The van der Waals surface area contributed by atoms with Gasteiger partial charge in [0.25, 0.3) is 10.0 Å². The molecule has 110 valence electrons. The fourth-order valence-electron chi connectivity index (χ4n) is 1.69. The molecule has 21 heavy (non-hydrogen) atoms. The van der Waals surface area contributed by atoms with E-state index in [1.165, 1.54) is 25.5 Å². The zero-order valence-corrected chi connectivity index (χ0v) is 14.2. The normalized spacial score (nSPS) is 11.1. The van der Waals surface area contributed by atoms with E-state index in [4.69, 9.17) is 18.0 Å². The Balaban J connectivity index is 2.45. The van der Waals surface area contributed by atoms with Crippen molar-refractivity contribution in [3.05, 3.63) is 52.8 Å². The van der Waals surface area contributed by atoms with Crippen molar-refractivity contribution in [2.24, 2.45) is 5.73 Å². The van der Waals surface area contributed by atoms with Crippen LogP contribution in [0.1, 0.15) is 5.56 Å². The molecule has 0 aliphatic rings. The van der Waals surface area contributed by atoms with Crippen molar-refractivity contribution < 1.29 is 8.42 Å². The topological polar surface area (TPSA) is 76.3 Å². The summed E-state index contributed by atoms with van der Waals surface area (Å²) >= 11 is 8.12. The van der Waals surface area contributed by atoms with Gasteiger partial charge in [0.15, 0.2) is 0 Å². The van der Waals surface area contributed by atoms with Crippen LogP contribution in [0.4, 0.5) is 5.69 Å². The lowest BCUT2D eigenvalue weighted by Crippen LogP contribution is -2.27. The molecule has 1 aromatic carbocycles. The van der Waals surface area contributed by atoms with Crippen LogP contribution in [0.5, 0.6) is 0 Å². The molecule has 2 N–H and O–H groups in total. The molecule has 0 saturated heterocycles. The van der Waals surface area contributed by atoms with Gasteiger partial charge >= 0.3 is 0 Å². The minimum atomic E-state index is -3.70. The molecule has 0 amide bonds. The minimum absolute atomic E-state index is 0.0973. The summed E-state index contributed by atoms with van der Waals surface area (Å²) in [6.07, 6.45) is 2.82. The van der Waals surface area contributed by atoms with Gasteiger partial charge in [-0.15, -0.1) is 0 Å². The van der Waals surface area contributed by atoms with Crippen molar-refractivity contribution in [3.8, 4) is 0 Å². The molecule has 8 heteroatoms. The number of hydrogen-bond donors (Lipinski definition) is 1. The molecule has 0 unspecified atom stereocenters. The van der Waals surface area contributed by atoms with Crippen LogP contribution < -0.4 is 10.0 Å². The van der Waals surface area contributed by atoms with E-state index < -0.39 is 10.0 Å². The van der Waals surface area contributed by atoms with E-state index >= 15 is 0 Å². The van der Waals surface area contributed by atoms with Gasteiger partial charge < -0.3 is 5.73 Å². The summed E-state index contributed by atoms with van der Waals surface area (Å²) in [5.41, 5.74) is 6.65. The molecule has 1 aromatic heterocycles. The van der Waals surface area contributed by atoms with E-state index in [1.54, 1.807) is 24.3 Å². The smallest absolute Gasteiger partial charge is 0.265 e. The number of benzene rings is 1. The molecule has 2 aromatic rings. The molecule has 0 bridgehead atoms. The summed E-state index contributed by atoms with van der Waals surface area (Å²) in [5.74, 6) is 0. The minimum Gasteiger partial charge on any atom is -0.389 e. The molecule has 0 saturated carbocycles. The van der Waals surface area contributed by atoms with E-state index in [-0.39, 0.29) is 9.88 Å². The highest BCUT2D eigenvalue weighted by atomic mass is 79.9. The Labute approximate surface area is 137 Å². The molecule has 0 radical (unpaired) electrons. The van der Waals surface area contributed by atoms with Crippen molar-refractivity contribution in [3.63, 3.8) is 0 Å². The fraction of sp³-hybridized carbons (Fsp3) is 0.0769. The molecule has 0 atom stereocenters. The first-order valence-electron chi connectivity index (χ1n) is 5.82. The first kappa shape index (κ1) is 15.9. The summed E-state index contributed by atoms with van der Waals surface area (Å²) in [7, 11) is -2.23. The summed E-state index contributed by atoms with van der Waals surface area (Å²) in [6.45, 7) is 0. The Morgan fingerprint density at radius 2 is 2.05 bits per heavy atom. The summed E-state index contributed by atoms with van der Waals surface area (Å²) in [4.78, 5) is 4.19. The number of nitrogens with zero attached hydrogens (tertiary/aromatic N) is 2. The van der Waals surface area contributed by atoms with Crippen LogP contribution in [0.25, 0.3) is 0 Å². The molecule has 0 aliphatic heterocycles. The third-order valence-corrected chi connectivity index (χ3v) is 5.25. The van der Waals surface area contributed by atoms with Gasteiger partial charge in [0.1, 0.15) is 9.88 Å². The predicted molar refractivity (Wildman–Crippen MR) is 89.9 cm³/mol. The lowest BCUT2D eigenvalue weighted by Gasteiger charge is -2.20. The number of pyridine rings is 1. The molecule has 0 spiro atoms. The van der Waals surface area contributed by atoms with E-state index in [0.29, 0.717) is 15.7 Å². The number of hydrogen-bond acceptors (Lipinski definition) is 4. The molecule has 0 aliphatic carbocycles. The fourth-order valence-corrected chi connectivity index (χ4v) is 3.51. The number of aromatic nitrogens is 1. The van der Waals surface area contributed by atoms with Crippen molar-refractivity contribution >= 4 is 48.8 Å². The van der Waals surface area contributed by atoms with Gasteiger partial charge in [-0.25, -0.2) is 8.42 Å². The number of rotatable bonds is 4. The monoisotopic (exact) mass is 385 g/mol. The van der Waals surface area contributed by atoms with Gasteiger partial charge in [-0.1, -0.05) is 24.4 Å². The van der Waals surface area contributed by atoms with Gasteiger partial charge in [0.05, 0.1) is 5.69 Å². The lowest BCUT2D eigenvalue weighted by atomic mass is 10.2. The van der Waals surface area contributed by atoms with Crippen LogP contribution >= 0.6 is 28.1 Å². The quantitative estimate of drug-likeness (QED) is 0.817. The van der Waals surface area contributed by atoms with Crippen molar-refractivity contribution in [2.45, 2.75) is 4.90 Å². The van der Waals surface area contributed by atoms with Crippen molar-refractivity contribution in [1.29, 1.82) is 0 Å². The van der Waals surface area contributed by atoms with Crippen LogP contribution in [-0.4, -0.2) is 25.4 Å².